The minimum atomic E-state index is -0.851. The van der Waals surface area contributed by atoms with Gasteiger partial charge in [0.2, 0.25) is 6.86 Å². The van der Waals surface area contributed by atoms with Crippen LogP contribution in [0, 0.1) is 6.07 Å². The van der Waals surface area contributed by atoms with Crippen LogP contribution in [-0.4, -0.2) is 22.9 Å². The first-order chi connectivity index (χ1) is 10.3. The summed E-state index contributed by atoms with van der Waals surface area (Å²) in [7, 11) is 0. The van der Waals surface area contributed by atoms with Crippen LogP contribution < -0.4 is 4.74 Å². The van der Waals surface area contributed by atoms with Crippen LogP contribution >= 0.6 is 0 Å². The minimum absolute atomic E-state index is 0.296. The van der Waals surface area contributed by atoms with Crippen molar-refractivity contribution in [3.63, 3.8) is 0 Å². The first-order valence-corrected chi connectivity index (χ1v) is 6.55. The topological polar surface area (TPSA) is 26.5 Å². The third kappa shape index (κ3) is 2.72. The Morgan fingerprint density at radius 2 is 2.00 bits per heavy atom. The highest BCUT2D eigenvalue weighted by molar-refractivity contribution is 5.64. The SMILES string of the molecule is FCCc1[c]ccn2cc(-c3ccc(OCF)cc3)nc12. The molecule has 107 valence electrons. The lowest BCUT2D eigenvalue weighted by molar-refractivity contribution is 0.192. The summed E-state index contributed by atoms with van der Waals surface area (Å²) in [5.41, 5.74) is 3.11. The summed E-state index contributed by atoms with van der Waals surface area (Å²) < 4.78 is 31.3. The van der Waals surface area contributed by atoms with Crippen molar-refractivity contribution in [3.05, 3.63) is 54.4 Å². The number of hydrogen-bond donors (Lipinski definition) is 0. The Morgan fingerprint density at radius 3 is 2.71 bits per heavy atom. The van der Waals surface area contributed by atoms with E-state index >= 15 is 0 Å². The summed E-state index contributed by atoms with van der Waals surface area (Å²) in [6.07, 6.45) is 3.99. The molecular formula is C16H13F2N2O. The van der Waals surface area contributed by atoms with E-state index in [9.17, 15) is 8.78 Å². The maximum atomic E-state index is 12.6. The van der Waals surface area contributed by atoms with Crippen molar-refractivity contribution in [2.24, 2.45) is 0 Å². The summed E-state index contributed by atoms with van der Waals surface area (Å²) in [6.45, 7) is -1.29. The fourth-order valence-electron chi connectivity index (χ4n) is 2.22. The van der Waals surface area contributed by atoms with Crippen molar-refractivity contribution in [1.29, 1.82) is 0 Å². The molecule has 0 aliphatic carbocycles. The number of pyridine rings is 1. The average Bonchev–Trinajstić information content (AvgIpc) is 2.94. The van der Waals surface area contributed by atoms with Crippen molar-refractivity contribution in [2.45, 2.75) is 6.42 Å². The van der Waals surface area contributed by atoms with E-state index in [0.717, 1.165) is 16.8 Å². The molecule has 5 heteroatoms. The predicted molar refractivity (Wildman–Crippen MR) is 75.7 cm³/mol. The molecule has 0 atom stereocenters. The van der Waals surface area contributed by atoms with Gasteiger partial charge in [0.25, 0.3) is 0 Å². The summed E-state index contributed by atoms with van der Waals surface area (Å²) in [5, 5.41) is 0. The Balaban J connectivity index is 1.98. The molecule has 0 aliphatic rings. The van der Waals surface area contributed by atoms with E-state index in [1.807, 2.05) is 28.9 Å². The first kappa shape index (κ1) is 13.5. The van der Waals surface area contributed by atoms with Crippen molar-refractivity contribution in [1.82, 2.24) is 9.38 Å². The number of ether oxygens (including phenoxy) is 1. The molecule has 0 saturated heterocycles. The second-order valence-electron chi connectivity index (χ2n) is 4.51. The number of alkyl halides is 2. The van der Waals surface area contributed by atoms with Crippen molar-refractivity contribution < 1.29 is 13.5 Å². The highest BCUT2D eigenvalue weighted by atomic mass is 19.1. The highest BCUT2D eigenvalue weighted by Gasteiger charge is 2.08. The third-order valence-corrected chi connectivity index (χ3v) is 3.21. The Labute approximate surface area is 120 Å². The van der Waals surface area contributed by atoms with E-state index in [1.165, 1.54) is 0 Å². The van der Waals surface area contributed by atoms with Crippen molar-refractivity contribution in [2.75, 3.05) is 13.5 Å². The van der Waals surface area contributed by atoms with E-state index < -0.39 is 13.5 Å². The van der Waals surface area contributed by atoms with Crippen LogP contribution in [0.2, 0.25) is 0 Å². The van der Waals surface area contributed by atoms with Gasteiger partial charge in [-0.25, -0.2) is 9.37 Å². The van der Waals surface area contributed by atoms with Crippen molar-refractivity contribution >= 4 is 5.65 Å². The van der Waals surface area contributed by atoms with E-state index in [4.69, 9.17) is 4.74 Å². The maximum absolute atomic E-state index is 12.6. The maximum Gasteiger partial charge on any atom is 0.228 e. The molecule has 21 heavy (non-hydrogen) atoms. The number of fused-ring (bicyclic) bond motifs is 1. The zero-order chi connectivity index (χ0) is 14.7. The van der Waals surface area contributed by atoms with Gasteiger partial charge in [0, 0.05) is 29.9 Å². The summed E-state index contributed by atoms with van der Waals surface area (Å²) in [5.74, 6) is 0.469. The molecule has 2 heterocycles. The quantitative estimate of drug-likeness (QED) is 0.716. The first-order valence-electron chi connectivity index (χ1n) is 6.55. The molecule has 0 aliphatic heterocycles. The molecule has 1 radical (unpaired) electrons. The second-order valence-corrected chi connectivity index (χ2v) is 4.51. The fraction of sp³-hybridized carbons (Fsp3) is 0.188. The second kappa shape index (κ2) is 5.91. The van der Waals surface area contributed by atoms with Gasteiger partial charge in [-0.15, -0.1) is 0 Å². The van der Waals surface area contributed by atoms with Crippen LogP contribution in [0.25, 0.3) is 16.9 Å². The van der Waals surface area contributed by atoms with Gasteiger partial charge in [0.1, 0.15) is 11.4 Å². The predicted octanol–water partition coefficient (Wildman–Crippen LogP) is 3.62. The Bertz CT molecular complexity index is 738. The Kier molecular flexibility index (Phi) is 3.81. The fourth-order valence-corrected chi connectivity index (χ4v) is 2.22. The molecule has 3 rings (SSSR count). The zero-order valence-electron chi connectivity index (χ0n) is 11.2. The van der Waals surface area contributed by atoms with Gasteiger partial charge in [-0.3, -0.25) is 4.39 Å². The highest BCUT2D eigenvalue weighted by Crippen LogP contribution is 2.23. The molecule has 0 unspecified atom stereocenters. The van der Waals surface area contributed by atoms with Gasteiger partial charge < -0.3 is 9.14 Å². The number of imidazole rings is 1. The molecule has 3 nitrogen and oxygen atoms in total. The van der Waals surface area contributed by atoms with Crippen LogP contribution in [0.15, 0.2) is 42.7 Å². The Morgan fingerprint density at radius 1 is 1.19 bits per heavy atom. The van der Waals surface area contributed by atoms with Gasteiger partial charge in [-0.05, 0) is 36.4 Å². The molecule has 0 fully saturated rings. The molecule has 3 aromatic rings. The number of rotatable bonds is 5. The van der Waals surface area contributed by atoms with Crippen molar-refractivity contribution in [3.8, 4) is 17.0 Å². The van der Waals surface area contributed by atoms with Gasteiger partial charge in [-0.1, -0.05) is 0 Å². The number of halogens is 2. The van der Waals surface area contributed by atoms with Crippen LogP contribution in [0.4, 0.5) is 8.78 Å². The molecule has 1 aromatic carbocycles. The normalized spacial score (nSPS) is 11.0. The van der Waals surface area contributed by atoms with E-state index in [2.05, 4.69) is 11.1 Å². The van der Waals surface area contributed by atoms with Crippen LogP contribution in [-0.2, 0) is 6.42 Å². The van der Waals surface area contributed by atoms with Crippen LogP contribution in [0.1, 0.15) is 5.56 Å². The van der Waals surface area contributed by atoms with Gasteiger partial charge in [-0.2, -0.15) is 0 Å². The van der Waals surface area contributed by atoms with E-state index in [0.29, 0.717) is 17.8 Å². The average molecular weight is 287 g/mol. The number of benzene rings is 1. The monoisotopic (exact) mass is 287 g/mol. The summed E-state index contributed by atoms with van der Waals surface area (Å²) >= 11 is 0. The Hall–Kier alpha value is -2.43. The number of aryl methyl sites for hydroxylation is 1. The molecule has 0 bridgehead atoms. The largest absolute Gasteiger partial charge is 0.463 e. The summed E-state index contributed by atoms with van der Waals surface area (Å²) in [6, 6.07) is 11.8. The summed E-state index contributed by atoms with van der Waals surface area (Å²) in [4.78, 5) is 4.53. The number of hydrogen-bond acceptors (Lipinski definition) is 2. The number of aromatic nitrogens is 2. The van der Waals surface area contributed by atoms with Gasteiger partial charge in [0.05, 0.1) is 12.4 Å². The molecular weight excluding hydrogens is 274 g/mol. The lowest BCUT2D eigenvalue weighted by Gasteiger charge is -2.01. The lowest BCUT2D eigenvalue weighted by Crippen LogP contribution is -1.93. The van der Waals surface area contributed by atoms with E-state index in [-0.39, 0.29) is 0 Å². The van der Waals surface area contributed by atoms with Crippen LogP contribution in [0.3, 0.4) is 0 Å². The number of nitrogens with zero attached hydrogens (tertiary/aromatic N) is 2. The molecule has 0 amide bonds. The molecule has 0 N–H and O–H groups in total. The van der Waals surface area contributed by atoms with Crippen LogP contribution in [0.5, 0.6) is 5.75 Å². The van der Waals surface area contributed by atoms with Gasteiger partial charge >= 0.3 is 0 Å². The molecule has 0 spiro atoms. The molecule has 0 saturated carbocycles. The zero-order valence-corrected chi connectivity index (χ0v) is 11.2. The minimum Gasteiger partial charge on any atom is -0.463 e. The van der Waals surface area contributed by atoms with E-state index in [1.54, 1.807) is 18.2 Å². The lowest BCUT2D eigenvalue weighted by atomic mass is 10.2. The third-order valence-electron chi connectivity index (χ3n) is 3.21. The van der Waals surface area contributed by atoms with Gasteiger partial charge in [0.15, 0.2) is 0 Å². The molecule has 2 aromatic heterocycles. The standard InChI is InChI=1S/C16H13F2N2O/c17-8-7-13-2-1-9-20-10-15(19-16(13)20)12-3-5-14(6-4-12)21-11-18/h1,3-6,9-10H,7-8,11H2. The smallest absolute Gasteiger partial charge is 0.228 e.